The van der Waals surface area contributed by atoms with E-state index in [9.17, 15) is 9.90 Å². The maximum atomic E-state index is 12.8. The van der Waals surface area contributed by atoms with E-state index in [4.69, 9.17) is 16.3 Å². The predicted octanol–water partition coefficient (Wildman–Crippen LogP) is 3.48. The number of rotatable bonds is 3. The van der Waals surface area contributed by atoms with Crippen molar-refractivity contribution in [2.75, 3.05) is 13.1 Å². The second kappa shape index (κ2) is 7.37. The summed E-state index contributed by atoms with van der Waals surface area (Å²) >= 11 is 6.21. The minimum Gasteiger partial charge on any atom is -0.507 e. The number of phenolic OH excluding ortho intramolecular Hbond substituents is 1. The van der Waals surface area contributed by atoms with Crippen molar-refractivity contribution in [2.45, 2.75) is 26.3 Å². The molecule has 140 valence electrons. The van der Waals surface area contributed by atoms with Crippen LogP contribution in [0.2, 0.25) is 5.02 Å². The van der Waals surface area contributed by atoms with E-state index in [1.54, 1.807) is 24.3 Å². The Bertz CT molecular complexity index is 922. The van der Waals surface area contributed by atoms with E-state index in [0.29, 0.717) is 34.4 Å². The minimum atomic E-state index is -0.173. The molecule has 2 aromatic carbocycles. The molecule has 27 heavy (non-hydrogen) atoms. The van der Waals surface area contributed by atoms with E-state index in [2.05, 4.69) is 6.92 Å². The third kappa shape index (κ3) is 3.60. The third-order valence-electron chi connectivity index (χ3n) is 5.40. The number of likely N-dealkylation sites (tertiary alicyclic amines) is 1. The molecular formula is C22H23ClNO3+. The summed E-state index contributed by atoms with van der Waals surface area (Å²) in [6.45, 7) is 5.06. The van der Waals surface area contributed by atoms with Crippen LogP contribution in [-0.4, -0.2) is 24.0 Å². The average Bonchev–Trinajstić information content (AvgIpc) is 2.96. The van der Waals surface area contributed by atoms with Crippen LogP contribution in [0.3, 0.4) is 0 Å². The second-order valence-corrected chi connectivity index (χ2v) is 7.94. The number of fused-ring (bicyclic) bond motifs is 1. The largest absolute Gasteiger partial charge is 0.507 e. The van der Waals surface area contributed by atoms with E-state index in [0.717, 1.165) is 18.7 Å². The van der Waals surface area contributed by atoms with Crippen LogP contribution in [0.25, 0.3) is 6.08 Å². The molecule has 0 aliphatic carbocycles. The van der Waals surface area contributed by atoms with Crippen molar-refractivity contribution in [1.82, 2.24) is 0 Å². The molecule has 0 saturated carbocycles. The number of benzene rings is 2. The Morgan fingerprint density at radius 3 is 2.89 bits per heavy atom. The van der Waals surface area contributed by atoms with Crippen molar-refractivity contribution in [3.8, 4) is 11.5 Å². The van der Waals surface area contributed by atoms with Gasteiger partial charge in [0.1, 0.15) is 12.3 Å². The first kappa shape index (κ1) is 18.1. The van der Waals surface area contributed by atoms with Gasteiger partial charge in [-0.25, -0.2) is 0 Å². The number of quaternary nitrogens is 1. The lowest BCUT2D eigenvalue weighted by molar-refractivity contribution is -0.922. The average molecular weight is 385 g/mol. The molecule has 5 heteroatoms. The molecule has 2 atom stereocenters. The molecule has 1 unspecified atom stereocenters. The quantitative estimate of drug-likeness (QED) is 0.796. The topological polar surface area (TPSA) is 51.0 Å². The summed E-state index contributed by atoms with van der Waals surface area (Å²) in [5.74, 6) is 1.42. The van der Waals surface area contributed by atoms with Crippen LogP contribution in [0.4, 0.5) is 0 Å². The number of ketones is 1. The zero-order chi connectivity index (χ0) is 19.0. The summed E-state index contributed by atoms with van der Waals surface area (Å²) in [5.41, 5.74) is 1.95. The summed E-state index contributed by atoms with van der Waals surface area (Å²) < 4.78 is 5.94. The van der Waals surface area contributed by atoms with Crippen molar-refractivity contribution in [2.24, 2.45) is 5.92 Å². The molecule has 1 fully saturated rings. The molecule has 0 radical (unpaired) electrons. The maximum Gasteiger partial charge on any atom is 0.231 e. The number of nitrogens with one attached hydrogen (secondary N) is 1. The fourth-order valence-electron chi connectivity index (χ4n) is 4.01. The van der Waals surface area contributed by atoms with Crippen molar-refractivity contribution in [1.29, 1.82) is 0 Å². The Morgan fingerprint density at radius 2 is 2.11 bits per heavy atom. The van der Waals surface area contributed by atoms with Crippen LogP contribution in [0.15, 0.2) is 42.2 Å². The molecule has 0 bridgehead atoms. The normalized spacial score (nSPS) is 23.3. The highest BCUT2D eigenvalue weighted by Crippen LogP contribution is 2.39. The molecule has 2 aromatic rings. The van der Waals surface area contributed by atoms with E-state index >= 15 is 0 Å². The Balaban J connectivity index is 1.66. The van der Waals surface area contributed by atoms with Crippen LogP contribution in [0.5, 0.6) is 11.5 Å². The fourth-order valence-corrected chi connectivity index (χ4v) is 4.20. The predicted molar refractivity (Wildman–Crippen MR) is 105 cm³/mol. The van der Waals surface area contributed by atoms with Crippen LogP contribution < -0.4 is 9.64 Å². The first-order valence-electron chi connectivity index (χ1n) is 9.40. The van der Waals surface area contributed by atoms with Gasteiger partial charge in [0.25, 0.3) is 0 Å². The molecule has 2 heterocycles. The van der Waals surface area contributed by atoms with Gasteiger partial charge in [0.2, 0.25) is 5.78 Å². The number of carbonyl (C=O) groups excluding carboxylic acids is 1. The maximum absolute atomic E-state index is 12.8. The van der Waals surface area contributed by atoms with Crippen LogP contribution in [0, 0.1) is 5.92 Å². The number of aromatic hydroxyl groups is 1. The molecule has 4 rings (SSSR count). The van der Waals surface area contributed by atoms with Crippen LogP contribution >= 0.6 is 11.6 Å². The lowest BCUT2D eigenvalue weighted by Gasteiger charge is -2.28. The third-order valence-corrected chi connectivity index (χ3v) is 5.74. The first-order valence-corrected chi connectivity index (χ1v) is 9.78. The summed E-state index contributed by atoms with van der Waals surface area (Å²) in [5, 5.41) is 11.0. The lowest BCUT2D eigenvalue weighted by Crippen LogP contribution is -3.12. The SMILES string of the molecule is C[C@H]1CCC[NH+](Cc2c(O)ccc3c2O/C(=C\c2ccccc2Cl)C3=O)C1. The summed E-state index contributed by atoms with van der Waals surface area (Å²) in [6, 6.07) is 10.6. The van der Waals surface area contributed by atoms with Crippen molar-refractivity contribution in [3.63, 3.8) is 0 Å². The van der Waals surface area contributed by atoms with Crippen molar-refractivity contribution in [3.05, 3.63) is 63.9 Å². The summed E-state index contributed by atoms with van der Waals surface area (Å²) in [6.07, 6.45) is 4.10. The zero-order valence-electron chi connectivity index (χ0n) is 15.3. The highest BCUT2D eigenvalue weighted by Gasteiger charge is 2.33. The van der Waals surface area contributed by atoms with Gasteiger partial charge in [0.05, 0.1) is 24.2 Å². The molecular weight excluding hydrogens is 362 g/mol. The molecule has 2 aliphatic heterocycles. The monoisotopic (exact) mass is 384 g/mol. The molecule has 0 amide bonds. The van der Waals surface area contributed by atoms with Gasteiger partial charge >= 0.3 is 0 Å². The smallest absolute Gasteiger partial charge is 0.231 e. The molecule has 4 nitrogen and oxygen atoms in total. The van der Waals surface area contributed by atoms with Gasteiger partial charge in [-0.3, -0.25) is 4.79 Å². The van der Waals surface area contributed by atoms with E-state index < -0.39 is 0 Å². The van der Waals surface area contributed by atoms with Crippen molar-refractivity contribution < 1.29 is 19.5 Å². The summed E-state index contributed by atoms with van der Waals surface area (Å²) in [4.78, 5) is 14.2. The van der Waals surface area contributed by atoms with Crippen molar-refractivity contribution >= 4 is 23.5 Å². The number of ether oxygens (including phenoxy) is 1. The first-order chi connectivity index (χ1) is 13.0. The highest BCUT2D eigenvalue weighted by atomic mass is 35.5. The van der Waals surface area contributed by atoms with E-state index in [1.807, 2.05) is 18.2 Å². The van der Waals surface area contributed by atoms with Crippen LogP contribution in [0.1, 0.15) is 41.3 Å². The number of phenols is 1. The molecule has 2 aliphatic rings. The molecule has 2 N–H and O–H groups in total. The van der Waals surface area contributed by atoms with E-state index in [1.165, 1.54) is 17.7 Å². The Labute approximate surface area is 164 Å². The van der Waals surface area contributed by atoms with Gasteiger partial charge in [0, 0.05) is 10.9 Å². The zero-order valence-corrected chi connectivity index (χ0v) is 16.1. The van der Waals surface area contributed by atoms with Gasteiger partial charge < -0.3 is 14.7 Å². The van der Waals surface area contributed by atoms with Gasteiger partial charge in [0.15, 0.2) is 11.5 Å². The minimum absolute atomic E-state index is 0.173. The summed E-state index contributed by atoms with van der Waals surface area (Å²) in [7, 11) is 0. The Kier molecular flexibility index (Phi) is 4.94. The number of carbonyl (C=O) groups is 1. The lowest BCUT2D eigenvalue weighted by atomic mass is 9.99. The van der Waals surface area contributed by atoms with Gasteiger partial charge in [-0.1, -0.05) is 36.7 Å². The number of hydrogen-bond donors (Lipinski definition) is 2. The van der Waals surface area contributed by atoms with E-state index in [-0.39, 0.29) is 17.3 Å². The number of hydrogen-bond acceptors (Lipinski definition) is 3. The molecule has 0 spiro atoms. The number of piperidine rings is 1. The van der Waals surface area contributed by atoms with Gasteiger partial charge in [-0.15, -0.1) is 0 Å². The van der Waals surface area contributed by atoms with Crippen LogP contribution in [-0.2, 0) is 6.54 Å². The molecule has 0 aromatic heterocycles. The molecule has 1 saturated heterocycles. The van der Waals surface area contributed by atoms with Gasteiger partial charge in [-0.2, -0.15) is 0 Å². The fraction of sp³-hybridized carbons (Fsp3) is 0.318. The number of Topliss-reactive ketones (excluding diaryl/α,β-unsaturated/α-hetero) is 1. The van der Waals surface area contributed by atoms with Gasteiger partial charge in [-0.05, 0) is 42.7 Å². The second-order valence-electron chi connectivity index (χ2n) is 7.53. The Hall–Kier alpha value is -2.30. The standard InChI is InChI=1S/C22H22ClNO3/c1-14-5-4-10-24(12-14)13-17-19(25)9-8-16-21(26)20(27-22(16)17)11-15-6-2-3-7-18(15)23/h2-3,6-9,11,14,25H,4-5,10,12-13H2,1H3/p+1/b20-11-/t14-/m0/s1. The number of allylic oxidation sites excluding steroid dienone is 1. The number of halogens is 1. The highest BCUT2D eigenvalue weighted by molar-refractivity contribution is 6.32. The Morgan fingerprint density at radius 1 is 1.30 bits per heavy atom.